The fraction of sp³-hybridized carbons (Fsp3) is 1.00. The van der Waals surface area contributed by atoms with Crippen LogP contribution in [0, 0.1) is 0 Å². The van der Waals surface area contributed by atoms with Crippen LogP contribution in [-0.4, -0.2) is 24.6 Å². The normalized spacial score (nSPS) is 11.7. The molecular formula is C35H74ClP. The smallest absolute Gasteiger partial charge is 0.0594 e. The number of rotatable bonds is 31. The summed E-state index contributed by atoms with van der Waals surface area (Å²) in [7, 11) is -0.722. The maximum Gasteiger partial charge on any atom is 0.0594 e. The first-order chi connectivity index (χ1) is 17.7. The van der Waals surface area contributed by atoms with Crippen molar-refractivity contribution in [3.63, 3.8) is 0 Å². The third-order valence-corrected chi connectivity index (χ3v) is 13.8. The number of halogens is 1. The van der Waals surface area contributed by atoms with E-state index in [-0.39, 0.29) is 12.4 Å². The molecule has 0 heterocycles. The van der Waals surface area contributed by atoms with Crippen molar-refractivity contribution in [2.75, 3.05) is 24.6 Å². The minimum absolute atomic E-state index is 0. The quantitative estimate of drug-likeness (QED) is 0.0584. The Morgan fingerprint density at radius 2 is 0.405 bits per heavy atom. The Kier molecular flexibility index (Phi) is 35.5. The lowest BCUT2D eigenvalue weighted by Crippen LogP contribution is -3.00. The molecule has 2 heteroatoms. The summed E-state index contributed by atoms with van der Waals surface area (Å²) in [4.78, 5) is 0. The van der Waals surface area contributed by atoms with Crippen LogP contribution in [0.15, 0.2) is 0 Å². The number of hydrogen-bond acceptors (Lipinski definition) is 0. The highest BCUT2D eigenvalue weighted by atomic mass is 35.5. The van der Waals surface area contributed by atoms with Crippen molar-refractivity contribution in [1.82, 2.24) is 0 Å². The lowest BCUT2D eigenvalue weighted by Gasteiger charge is -2.28. The monoisotopic (exact) mass is 561 g/mol. The van der Waals surface area contributed by atoms with Crippen LogP contribution in [-0.2, 0) is 0 Å². The molecule has 0 aliphatic rings. The van der Waals surface area contributed by atoms with Gasteiger partial charge in [-0.15, -0.1) is 0 Å². The topological polar surface area (TPSA) is 0 Å². The van der Waals surface area contributed by atoms with Gasteiger partial charge in [-0.05, 0) is 51.4 Å². The molecule has 0 N–H and O–H groups in total. The molecule has 0 nitrogen and oxygen atoms in total. The van der Waals surface area contributed by atoms with Crippen molar-refractivity contribution in [3.05, 3.63) is 0 Å². The number of hydrogen-bond donors (Lipinski definition) is 0. The van der Waals surface area contributed by atoms with Crippen molar-refractivity contribution < 1.29 is 12.4 Å². The molecule has 0 aliphatic heterocycles. The molecule has 0 aromatic heterocycles. The first kappa shape index (κ1) is 39.9. The average Bonchev–Trinajstić information content (AvgIpc) is 2.89. The SMILES string of the molecule is CCCCCCCCCCCCCC[P+](CCCCCCC)(CCCCCCC)CCCCCCC.[Cl-]. The van der Waals surface area contributed by atoms with E-state index in [9.17, 15) is 0 Å². The molecule has 0 amide bonds. The van der Waals surface area contributed by atoms with Crippen LogP contribution in [0.1, 0.15) is 201 Å². The van der Waals surface area contributed by atoms with E-state index in [2.05, 4.69) is 27.7 Å². The van der Waals surface area contributed by atoms with Gasteiger partial charge in [0, 0.05) is 7.26 Å². The van der Waals surface area contributed by atoms with Gasteiger partial charge in [0.15, 0.2) is 0 Å². The molecule has 37 heavy (non-hydrogen) atoms. The van der Waals surface area contributed by atoms with Crippen LogP contribution in [0.25, 0.3) is 0 Å². The predicted octanol–water partition coefficient (Wildman–Crippen LogP) is 10.6. The van der Waals surface area contributed by atoms with Gasteiger partial charge in [0.05, 0.1) is 24.6 Å². The van der Waals surface area contributed by atoms with Crippen molar-refractivity contribution in [2.24, 2.45) is 0 Å². The molecule has 0 atom stereocenters. The Morgan fingerprint density at radius 1 is 0.243 bits per heavy atom. The van der Waals surface area contributed by atoms with Crippen LogP contribution >= 0.6 is 7.26 Å². The molecule has 0 aromatic carbocycles. The summed E-state index contributed by atoms with van der Waals surface area (Å²) < 4.78 is 0. The highest BCUT2D eigenvalue weighted by Crippen LogP contribution is 2.61. The lowest BCUT2D eigenvalue weighted by atomic mass is 10.1. The third-order valence-electron chi connectivity index (χ3n) is 8.69. The van der Waals surface area contributed by atoms with Gasteiger partial charge in [-0.3, -0.25) is 0 Å². The molecule has 226 valence electrons. The van der Waals surface area contributed by atoms with E-state index < -0.39 is 7.26 Å². The van der Waals surface area contributed by atoms with Gasteiger partial charge >= 0.3 is 0 Å². The highest BCUT2D eigenvalue weighted by Gasteiger charge is 2.34. The van der Waals surface area contributed by atoms with Gasteiger partial charge < -0.3 is 12.4 Å². The Bertz CT molecular complexity index is 361. The average molecular weight is 561 g/mol. The third kappa shape index (κ3) is 28.1. The van der Waals surface area contributed by atoms with Gasteiger partial charge in [0.25, 0.3) is 0 Å². The summed E-state index contributed by atoms with van der Waals surface area (Å²) in [5.41, 5.74) is 0. The summed E-state index contributed by atoms with van der Waals surface area (Å²) in [6.45, 7) is 9.40. The van der Waals surface area contributed by atoms with E-state index in [0.717, 1.165) is 0 Å². The van der Waals surface area contributed by atoms with Crippen molar-refractivity contribution in [2.45, 2.75) is 201 Å². The van der Waals surface area contributed by atoms with Crippen LogP contribution in [0.5, 0.6) is 0 Å². The van der Waals surface area contributed by atoms with Crippen LogP contribution in [0.3, 0.4) is 0 Å². The first-order valence-corrected chi connectivity index (χ1v) is 20.1. The summed E-state index contributed by atoms with van der Waals surface area (Å²) in [6, 6.07) is 0. The van der Waals surface area contributed by atoms with Gasteiger partial charge in [-0.1, -0.05) is 150 Å². The molecule has 0 radical (unpaired) electrons. The van der Waals surface area contributed by atoms with Gasteiger partial charge in [0.2, 0.25) is 0 Å². The fourth-order valence-corrected chi connectivity index (χ4v) is 11.0. The Labute approximate surface area is 244 Å². The lowest BCUT2D eigenvalue weighted by molar-refractivity contribution is -0.00000821. The molecule has 0 spiro atoms. The maximum atomic E-state index is 2.36. The van der Waals surface area contributed by atoms with E-state index in [0.29, 0.717) is 0 Å². The zero-order chi connectivity index (χ0) is 26.4. The van der Waals surface area contributed by atoms with Crippen molar-refractivity contribution in [1.29, 1.82) is 0 Å². The molecule has 0 saturated heterocycles. The molecule has 0 saturated carbocycles. The van der Waals surface area contributed by atoms with E-state index in [1.807, 2.05) is 0 Å². The van der Waals surface area contributed by atoms with Gasteiger partial charge in [-0.25, -0.2) is 0 Å². The molecule has 0 unspecified atom stereocenters. The standard InChI is InChI=1S/C35H74P.ClH/c1-5-9-13-17-18-19-20-21-22-23-27-31-35-36(32-28-24-14-10-6-2,33-29-25-15-11-7-3)34-30-26-16-12-8-4;/h5-35H2,1-4H3;1H/q+1;/p-1. The summed E-state index contributed by atoms with van der Waals surface area (Å²) in [5.74, 6) is 0. The second-order valence-electron chi connectivity index (χ2n) is 12.4. The molecule has 0 bridgehead atoms. The first-order valence-electron chi connectivity index (χ1n) is 17.6. The summed E-state index contributed by atoms with van der Waals surface area (Å²) in [5, 5.41) is 0. The fourth-order valence-electron chi connectivity index (χ4n) is 6.11. The maximum absolute atomic E-state index is 2.36. The van der Waals surface area contributed by atoms with Crippen LogP contribution < -0.4 is 12.4 Å². The van der Waals surface area contributed by atoms with E-state index >= 15 is 0 Å². The van der Waals surface area contributed by atoms with Crippen LogP contribution in [0.4, 0.5) is 0 Å². The minimum atomic E-state index is -0.722. The van der Waals surface area contributed by atoms with Gasteiger partial charge in [-0.2, -0.15) is 0 Å². The molecule has 0 rings (SSSR count). The zero-order valence-electron chi connectivity index (χ0n) is 26.7. The van der Waals surface area contributed by atoms with E-state index in [1.54, 1.807) is 50.3 Å². The summed E-state index contributed by atoms with van der Waals surface area (Å²) in [6.07, 6.45) is 46.6. The van der Waals surface area contributed by atoms with Gasteiger partial charge in [0.1, 0.15) is 0 Å². The molecule has 0 aliphatic carbocycles. The minimum Gasteiger partial charge on any atom is -1.00 e. The zero-order valence-corrected chi connectivity index (χ0v) is 28.4. The van der Waals surface area contributed by atoms with E-state index in [4.69, 9.17) is 0 Å². The summed E-state index contributed by atoms with van der Waals surface area (Å²) >= 11 is 0. The second kappa shape index (κ2) is 32.9. The predicted molar refractivity (Wildman–Crippen MR) is 174 cm³/mol. The van der Waals surface area contributed by atoms with Crippen LogP contribution in [0.2, 0.25) is 0 Å². The molecule has 0 aromatic rings. The Morgan fingerprint density at radius 3 is 0.595 bits per heavy atom. The van der Waals surface area contributed by atoms with Crippen molar-refractivity contribution in [3.8, 4) is 0 Å². The van der Waals surface area contributed by atoms with E-state index in [1.165, 1.54) is 148 Å². The Balaban J connectivity index is 0. The van der Waals surface area contributed by atoms with Crippen molar-refractivity contribution >= 4 is 7.26 Å². The Hall–Kier alpha value is 0.720. The largest absolute Gasteiger partial charge is 1.00 e. The second-order valence-corrected chi connectivity index (χ2v) is 16.8. The number of unbranched alkanes of at least 4 members (excludes halogenated alkanes) is 23. The molecular weight excluding hydrogens is 487 g/mol. The molecule has 0 fully saturated rings. The highest BCUT2D eigenvalue weighted by molar-refractivity contribution is 7.75.